The molecule has 2 aromatic carbocycles. The van der Waals surface area contributed by atoms with Crippen molar-refractivity contribution < 1.29 is 19.1 Å². The van der Waals surface area contributed by atoms with Crippen LogP contribution < -0.4 is 20.5 Å². The van der Waals surface area contributed by atoms with Gasteiger partial charge in [0.25, 0.3) is 0 Å². The van der Waals surface area contributed by atoms with Gasteiger partial charge in [-0.25, -0.2) is 10.2 Å². The van der Waals surface area contributed by atoms with Gasteiger partial charge in [-0.3, -0.25) is 15.1 Å². The Labute approximate surface area is 162 Å². The second kappa shape index (κ2) is 8.75. The summed E-state index contributed by atoms with van der Waals surface area (Å²) in [6.45, 7) is 0.752. The van der Waals surface area contributed by atoms with E-state index in [0.717, 1.165) is 5.56 Å². The van der Waals surface area contributed by atoms with Gasteiger partial charge in [-0.1, -0.05) is 29.8 Å². The predicted molar refractivity (Wildman–Crippen MR) is 102 cm³/mol. The number of hydrazine groups is 1. The van der Waals surface area contributed by atoms with Crippen LogP contribution in [0.25, 0.3) is 0 Å². The first kappa shape index (κ1) is 19.0. The number of nitrogens with zero attached hydrogens (tertiary/aromatic N) is 1. The van der Waals surface area contributed by atoms with E-state index in [0.29, 0.717) is 35.2 Å². The van der Waals surface area contributed by atoms with Gasteiger partial charge in [0.05, 0.1) is 12.2 Å². The van der Waals surface area contributed by atoms with E-state index in [1.165, 1.54) is 4.90 Å². The van der Waals surface area contributed by atoms with Crippen molar-refractivity contribution in [1.29, 1.82) is 0 Å². The summed E-state index contributed by atoms with van der Waals surface area (Å²) in [5, 5.41) is 0.477. The Balaban J connectivity index is 1.78. The lowest BCUT2D eigenvalue weighted by Gasteiger charge is -2.22. The molecule has 2 N–H and O–H groups in total. The van der Waals surface area contributed by atoms with Crippen molar-refractivity contribution in [3.63, 3.8) is 0 Å². The van der Waals surface area contributed by atoms with E-state index in [-0.39, 0.29) is 18.9 Å². The molecular formula is C19H20ClN3O4. The summed E-state index contributed by atoms with van der Waals surface area (Å²) in [7, 11) is 1.57. The van der Waals surface area contributed by atoms with Gasteiger partial charge in [0.15, 0.2) is 5.75 Å². The number of carbonyl (C=O) groups is 2. The number of hydrogen-bond donors (Lipinski definition) is 2. The number of hydrogen-bond acceptors (Lipinski definition) is 4. The first-order valence-electron chi connectivity index (χ1n) is 8.49. The fraction of sp³-hybridized carbons (Fsp3) is 0.263. The van der Waals surface area contributed by atoms with Gasteiger partial charge in [0.2, 0.25) is 5.91 Å². The van der Waals surface area contributed by atoms with Crippen LogP contribution in [-0.4, -0.2) is 25.7 Å². The predicted octanol–water partition coefficient (Wildman–Crippen LogP) is 3.62. The van der Waals surface area contributed by atoms with Gasteiger partial charge in [-0.05, 0) is 30.7 Å². The zero-order valence-electron chi connectivity index (χ0n) is 14.8. The zero-order chi connectivity index (χ0) is 19.2. The minimum absolute atomic E-state index is 0.252. The minimum atomic E-state index is -0.487. The molecule has 0 aliphatic carbocycles. The standard InChI is InChI=1S/C19H20ClN3O4/c1-26-10-4-7-18(24)21-22-19(25)23-12-13-5-2-3-6-16(13)27-17-9-8-14(20)11-15(17)23/h2-3,5-6,8-9,11H,4,7,10,12H2,1H3,(H,21,24)(H,22,25). The molecule has 142 valence electrons. The number of fused-ring (bicyclic) bond motifs is 2. The van der Waals surface area contributed by atoms with Crippen molar-refractivity contribution in [1.82, 2.24) is 10.9 Å². The van der Waals surface area contributed by atoms with Crippen molar-refractivity contribution in [2.24, 2.45) is 0 Å². The normalized spacial score (nSPS) is 12.3. The van der Waals surface area contributed by atoms with E-state index >= 15 is 0 Å². The maximum atomic E-state index is 12.7. The molecule has 0 unspecified atom stereocenters. The van der Waals surface area contributed by atoms with Gasteiger partial charge in [0, 0.05) is 30.7 Å². The Hall–Kier alpha value is -2.77. The number of para-hydroxylation sites is 1. The Bertz CT molecular complexity index is 843. The van der Waals surface area contributed by atoms with Crippen molar-refractivity contribution in [2.45, 2.75) is 19.4 Å². The van der Waals surface area contributed by atoms with Crippen LogP contribution in [0.3, 0.4) is 0 Å². The third-order valence-electron chi connectivity index (χ3n) is 4.04. The number of methoxy groups -OCH3 is 1. The average Bonchev–Trinajstić information content (AvgIpc) is 2.83. The molecule has 7 nitrogen and oxygen atoms in total. The highest BCUT2D eigenvalue weighted by molar-refractivity contribution is 6.31. The molecular weight excluding hydrogens is 370 g/mol. The molecule has 0 spiro atoms. The van der Waals surface area contributed by atoms with E-state index in [1.807, 2.05) is 24.3 Å². The van der Waals surface area contributed by atoms with E-state index in [4.69, 9.17) is 21.1 Å². The van der Waals surface area contributed by atoms with Crippen LogP contribution in [0.1, 0.15) is 18.4 Å². The van der Waals surface area contributed by atoms with Crippen molar-refractivity contribution >= 4 is 29.2 Å². The lowest BCUT2D eigenvalue weighted by atomic mass is 10.2. The third-order valence-corrected chi connectivity index (χ3v) is 4.27. The molecule has 0 fully saturated rings. The van der Waals surface area contributed by atoms with E-state index in [9.17, 15) is 9.59 Å². The van der Waals surface area contributed by atoms with Crippen LogP contribution in [0.2, 0.25) is 5.02 Å². The lowest BCUT2D eigenvalue weighted by Crippen LogP contribution is -2.48. The van der Waals surface area contributed by atoms with Crippen molar-refractivity contribution in [2.75, 3.05) is 18.6 Å². The number of anilines is 1. The van der Waals surface area contributed by atoms with Gasteiger partial charge in [0.1, 0.15) is 5.75 Å². The van der Waals surface area contributed by atoms with Crippen molar-refractivity contribution in [3.05, 3.63) is 53.1 Å². The molecule has 3 amide bonds. The summed E-state index contributed by atoms with van der Waals surface area (Å²) in [5.41, 5.74) is 6.22. The number of rotatable bonds is 4. The molecule has 0 saturated carbocycles. The molecule has 1 aliphatic heterocycles. The first-order valence-corrected chi connectivity index (χ1v) is 8.87. The molecule has 27 heavy (non-hydrogen) atoms. The van der Waals surface area contributed by atoms with E-state index < -0.39 is 6.03 Å². The summed E-state index contributed by atoms with van der Waals surface area (Å²) >= 11 is 6.11. The minimum Gasteiger partial charge on any atom is -0.455 e. The Morgan fingerprint density at radius 1 is 1.19 bits per heavy atom. The molecule has 0 atom stereocenters. The quantitative estimate of drug-likeness (QED) is 0.618. The van der Waals surface area contributed by atoms with Crippen LogP contribution in [-0.2, 0) is 16.1 Å². The van der Waals surface area contributed by atoms with Gasteiger partial charge in [-0.15, -0.1) is 0 Å². The van der Waals surface area contributed by atoms with Gasteiger partial charge in [-0.2, -0.15) is 0 Å². The first-order chi connectivity index (χ1) is 13.1. The number of amides is 3. The summed E-state index contributed by atoms with van der Waals surface area (Å²) in [6.07, 6.45) is 0.823. The maximum absolute atomic E-state index is 12.7. The number of carbonyl (C=O) groups excluding carboxylic acids is 2. The van der Waals surface area contributed by atoms with Crippen LogP contribution in [0.4, 0.5) is 10.5 Å². The molecule has 1 heterocycles. The monoisotopic (exact) mass is 389 g/mol. The highest BCUT2D eigenvalue weighted by atomic mass is 35.5. The van der Waals surface area contributed by atoms with Crippen LogP contribution in [0.5, 0.6) is 11.5 Å². The molecule has 0 saturated heterocycles. The van der Waals surface area contributed by atoms with Crippen LogP contribution >= 0.6 is 11.6 Å². The summed E-state index contributed by atoms with van der Waals surface area (Å²) in [4.78, 5) is 26.0. The Kier molecular flexibility index (Phi) is 6.16. The fourth-order valence-corrected chi connectivity index (χ4v) is 2.87. The molecule has 3 rings (SSSR count). The van der Waals surface area contributed by atoms with Crippen LogP contribution in [0.15, 0.2) is 42.5 Å². The molecule has 0 aromatic heterocycles. The molecule has 0 bridgehead atoms. The zero-order valence-corrected chi connectivity index (χ0v) is 15.6. The van der Waals surface area contributed by atoms with Gasteiger partial charge >= 0.3 is 6.03 Å². The van der Waals surface area contributed by atoms with E-state index in [1.54, 1.807) is 25.3 Å². The Morgan fingerprint density at radius 3 is 2.81 bits per heavy atom. The number of benzene rings is 2. The molecule has 2 aromatic rings. The molecule has 8 heteroatoms. The number of nitrogens with one attached hydrogen (secondary N) is 2. The maximum Gasteiger partial charge on any atom is 0.341 e. The summed E-state index contributed by atoms with van der Waals surface area (Å²) < 4.78 is 10.9. The summed E-state index contributed by atoms with van der Waals surface area (Å²) in [5.74, 6) is 0.879. The fourth-order valence-electron chi connectivity index (χ4n) is 2.71. The third kappa shape index (κ3) is 4.69. The van der Waals surface area contributed by atoms with Gasteiger partial charge < -0.3 is 9.47 Å². The number of ether oxygens (including phenoxy) is 2. The number of halogens is 1. The smallest absolute Gasteiger partial charge is 0.341 e. The second-order valence-corrected chi connectivity index (χ2v) is 6.42. The van der Waals surface area contributed by atoms with Crippen molar-refractivity contribution in [3.8, 4) is 11.5 Å². The second-order valence-electron chi connectivity index (χ2n) is 5.98. The lowest BCUT2D eigenvalue weighted by molar-refractivity contribution is -0.122. The highest BCUT2D eigenvalue weighted by Crippen LogP contribution is 2.40. The number of urea groups is 1. The van der Waals surface area contributed by atoms with Crippen LogP contribution in [0, 0.1) is 0 Å². The average molecular weight is 390 g/mol. The molecule has 1 aliphatic rings. The molecule has 0 radical (unpaired) electrons. The highest BCUT2D eigenvalue weighted by Gasteiger charge is 2.26. The SMILES string of the molecule is COCCCC(=O)NNC(=O)N1Cc2ccccc2Oc2ccc(Cl)cc21. The van der Waals surface area contributed by atoms with E-state index in [2.05, 4.69) is 10.9 Å². The Morgan fingerprint density at radius 2 is 2.00 bits per heavy atom. The topological polar surface area (TPSA) is 79.9 Å². The summed E-state index contributed by atoms with van der Waals surface area (Å²) in [6, 6.07) is 12.0. The largest absolute Gasteiger partial charge is 0.455 e.